The predicted molar refractivity (Wildman–Crippen MR) is 57.0 cm³/mol. The van der Waals surface area contributed by atoms with Gasteiger partial charge >= 0.3 is 0 Å². The van der Waals surface area contributed by atoms with E-state index >= 15 is 0 Å². The monoisotopic (exact) mass is 205 g/mol. The lowest BCUT2D eigenvalue weighted by molar-refractivity contribution is -0.132. The average molecular weight is 206 g/mol. The van der Waals surface area contributed by atoms with E-state index in [4.69, 9.17) is 11.6 Å². The van der Waals surface area contributed by atoms with Crippen LogP contribution in [-0.4, -0.2) is 29.8 Å². The Hall–Kier alpha value is -0.240. The summed E-state index contributed by atoms with van der Waals surface area (Å²) in [7, 11) is 1.82. The standard InChI is InChI=1S/C10H20ClNO/c1-5-8(2)6-10(13)12(4)9(3)7-11/h8-9H,5-7H2,1-4H3. The van der Waals surface area contributed by atoms with Crippen LogP contribution in [0.2, 0.25) is 0 Å². The van der Waals surface area contributed by atoms with Crippen molar-refractivity contribution in [2.24, 2.45) is 5.92 Å². The third-order valence-corrected chi connectivity index (χ3v) is 2.94. The number of hydrogen-bond acceptors (Lipinski definition) is 1. The fourth-order valence-electron chi connectivity index (χ4n) is 0.936. The second-order valence-electron chi connectivity index (χ2n) is 3.73. The number of carbonyl (C=O) groups is 1. The molecule has 1 amide bonds. The maximum atomic E-state index is 11.6. The third-order valence-electron chi connectivity index (χ3n) is 2.50. The number of halogens is 1. The molecule has 0 saturated heterocycles. The summed E-state index contributed by atoms with van der Waals surface area (Å²) < 4.78 is 0. The molecule has 0 aliphatic carbocycles. The van der Waals surface area contributed by atoms with Crippen molar-refractivity contribution in [3.05, 3.63) is 0 Å². The van der Waals surface area contributed by atoms with Crippen molar-refractivity contribution in [3.63, 3.8) is 0 Å². The molecule has 2 unspecified atom stereocenters. The van der Waals surface area contributed by atoms with Gasteiger partial charge in [-0.3, -0.25) is 4.79 Å². The van der Waals surface area contributed by atoms with Gasteiger partial charge in [0.25, 0.3) is 0 Å². The van der Waals surface area contributed by atoms with Crippen molar-refractivity contribution >= 4 is 17.5 Å². The summed E-state index contributed by atoms with van der Waals surface area (Å²) in [6.07, 6.45) is 1.68. The van der Waals surface area contributed by atoms with Gasteiger partial charge in [-0.15, -0.1) is 11.6 Å². The summed E-state index contributed by atoms with van der Waals surface area (Å²) in [6.45, 7) is 6.15. The Morgan fingerprint density at radius 2 is 2.00 bits per heavy atom. The van der Waals surface area contributed by atoms with Crippen LogP contribution < -0.4 is 0 Å². The number of nitrogens with zero attached hydrogens (tertiary/aromatic N) is 1. The van der Waals surface area contributed by atoms with Gasteiger partial charge in [-0.25, -0.2) is 0 Å². The first-order valence-electron chi connectivity index (χ1n) is 4.84. The Morgan fingerprint density at radius 3 is 2.38 bits per heavy atom. The summed E-state index contributed by atoms with van der Waals surface area (Å²) in [5, 5.41) is 0. The highest BCUT2D eigenvalue weighted by Crippen LogP contribution is 2.10. The lowest BCUT2D eigenvalue weighted by Crippen LogP contribution is -2.36. The summed E-state index contributed by atoms with van der Waals surface area (Å²) in [5.74, 6) is 1.17. The molecule has 13 heavy (non-hydrogen) atoms. The smallest absolute Gasteiger partial charge is 0.222 e. The minimum absolute atomic E-state index is 0.137. The van der Waals surface area contributed by atoms with Gasteiger partial charge in [-0.2, -0.15) is 0 Å². The zero-order valence-electron chi connectivity index (χ0n) is 9.01. The first-order valence-corrected chi connectivity index (χ1v) is 5.38. The number of carbonyl (C=O) groups excluding carboxylic acids is 1. The molecule has 0 N–H and O–H groups in total. The van der Waals surface area contributed by atoms with Gasteiger partial charge in [0, 0.05) is 25.4 Å². The van der Waals surface area contributed by atoms with Crippen LogP contribution in [0.1, 0.15) is 33.6 Å². The highest BCUT2D eigenvalue weighted by atomic mass is 35.5. The van der Waals surface area contributed by atoms with Gasteiger partial charge in [0.05, 0.1) is 0 Å². The zero-order valence-corrected chi connectivity index (χ0v) is 9.77. The molecule has 2 nitrogen and oxygen atoms in total. The molecule has 2 atom stereocenters. The van der Waals surface area contributed by atoms with Gasteiger partial charge < -0.3 is 4.90 Å². The van der Waals surface area contributed by atoms with Crippen molar-refractivity contribution in [3.8, 4) is 0 Å². The SMILES string of the molecule is CCC(C)CC(=O)N(C)C(C)CCl. The largest absolute Gasteiger partial charge is 0.342 e. The second kappa shape index (κ2) is 6.25. The molecule has 0 radical (unpaired) electrons. The van der Waals surface area contributed by atoms with E-state index in [2.05, 4.69) is 13.8 Å². The van der Waals surface area contributed by atoms with Crippen LogP contribution in [0, 0.1) is 5.92 Å². The first-order chi connectivity index (χ1) is 6.02. The third kappa shape index (κ3) is 4.51. The summed E-state index contributed by atoms with van der Waals surface area (Å²) in [4.78, 5) is 13.3. The average Bonchev–Trinajstić information content (AvgIpc) is 2.14. The van der Waals surface area contributed by atoms with E-state index in [0.717, 1.165) is 6.42 Å². The Labute approximate surface area is 86.2 Å². The topological polar surface area (TPSA) is 20.3 Å². The van der Waals surface area contributed by atoms with Crippen molar-refractivity contribution in [1.29, 1.82) is 0 Å². The summed E-state index contributed by atoms with van der Waals surface area (Å²) in [6, 6.07) is 0.137. The molecular weight excluding hydrogens is 186 g/mol. The normalized spacial score (nSPS) is 15.2. The highest BCUT2D eigenvalue weighted by molar-refractivity contribution is 6.18. The van der Waals surface area contributed by atoms with E-state index in [9.17, 15) is 4.79 Å². The van der Waals surface area contributed by atoms with Crippen molar-refractivity contribution in [1.82, 2.24) is 4.90 Å². The van der Waals surface area contributed by atoms with E-state index in [0.29, 0.717) is 18.2 Å². The Morgan fingerprint density at radius 1 is 1.46 bits per heavy atom. The van der Waals surface area contributed by atoms with Gasteiger partial charge in [-0.1, -0.05) is 20.3 Å². The molecule has 0 aromatic rings. The van der Waals surface area contributed by atoms with Crippen molar-refractivity contribution in [2.45, 2.75) is 39.7 Å². The maximum Gasteiger partial charge on any atom is 0.222 e. The van der Waals surface area contributed by atoms with E-state index < -0.39 is 0 Å². The zero-order chi connectivity index (χ0) is 10.4. The number of hydrogen-bond donors (Lipinski definition) is 0. The summed E-state index contributed by atoms with van der Waals surface area (Å²) in [5.41, 5.74) is 0. The van der Waals surface area contributed by atoms with Crippen LogP contribution in [0.25, 0.3) is 0 Å². The molecule has 0 fully saturated rings. The predicted octanol–water partition coefficient (Wildman–Crippen LogP) is 2.51. The van der Waals surface area contributed by atoms with E-state index in [-0.39, 0.29) is 11.9 Å². The maximum absolute atomic E-state index is 11.6. The van der Waals surface area contributed by atoms with Crippen LogP contribution in [0.5, 0.6) is 0 Å². The summed E-state index contributed by atoms with van der Waals surface area (Å²) >= 11 is 5.67. The molecule has 0 saturated carbocycles. The van der Waals surface area contributed by atoms with Crippen molar-refractivity contribution in [2.75, 3.05) is 12.9 Å². The molecule has 0 bridgehead atoms. The van der Waals surface area contributed by atoms with E-state index in [1.807, 2.05) is 14.0 Å². The quantitative estimate of drug-likeness (QED) is 0.632. The molecule has 0 rings (SSSR count). The Kier molecular flexibility index (Phi) is 6.13. The van der Waals surface area contributed by atoms with Crippen LogP contribution in [0.3, 0.4) is 0 Å². The molecule has 0 heterocycles. The van der Waals surface area contributed by atoms with Gasteiger partial charge in [-0.05, 0) is 12.8 Å². The van der Waals surface area contributed by atoms with Crippen LogP contribution in [0.15, 0.2) is 0 Å². The molecule has 78 valence electrons. The van der Waals surface area contributed by atoms with Gasteiger partial charge in [0.2, 0.25) is 5.91 Å². The first kappa shape index (κ1) is 12.8. The van der Waals surface area contributed by atoms with Crippen molar-refractivity contribution < 1.29 is 4.79 Å². The molecule has 0 aliphatic rings. The van der Waals surface area contributed by atoms with E-state index in [1.165, 1.54) is 0 Å². The molecule has 0 aromatic heterocycles. The lowest BCUT2D eigenvalue weighted by atomic mass is 10.0. The van der Waals surface area contributed by atoms with Crippen LogP contribution in [0.4, 0.5) is 0 Å². The number of alkyl halides is 1. The fourth-order valence-corrected chi connectivity index (χ4v) is 1.14. The Balaban J connectivity index is 3.96. The fraction of sp³-hybridized carbons (Fsp3) is 0.900. The van der Waals surface area contributed by atoms with Gasteiger partial charge in [0.15, 0.2) is 0 Å². The number of rotatable bonds is 5. The molecule has 0 spiro atoms. The molecular formula is C10H20ClNO. The Bertz CT molecular complexity index is 161. The number of amides is 1. The highest BCUT2D eigenvalue weighted by Gasteiger charge is 2.16. The van der Waals surface area contributed by atoms with Crippen LogP contribution in [-0.2, 0) is 4.79 Å². The molecule has 3 heteroatoms. The molecule has 0 aromatic carbocycles. The lowest BCUT2D eigenvalue weighted by Gasteiger charge is -2.24. The molecule has 0 aliphatic heterocycles. The minimum atomic E-state index is 0.137. The minimum Gasteiger partial charge on any atom is -0.342 e. The van der Waals surface area contributed by atoms with E-state index in [1.54, 1.807) is 4.90 Å². The van der Waals surface area contributed by atoms with Gasteiger partial charge in [0.1, 0.15) is 0 Å². The van der Waals surface area contributed by atoms with Crippen LogP contribution >= 0.6 is 11.6 Å². The second-order valence-corrected chi connectivity index (χ2v) is 4.03.